The summed E-state index contributed by atoms with van der Waals surface area (Å²) in [6.45, 7) is 2.28. The first-order valence-electron chi connectivity index (χ1n) is 10.4. The Morgan fingerprint density at radius 2 is 1.81 bits per heavy atom. The summed E-state index contributed by atoms with van der Waals surface area (Å²) in [7, 11) is 0. The van der Waals surface area contributed by atoms with E-state index in [0.29, 0.717) is 11.1 Å². The molecular weight excluding hydrogens is 322 g/mol. The zero-order valence-corrected chi connectivity index (χ0v) is 16.0. The maximum Gasteiger partial charge on any atom is 0.338 e. The van der Waals surface area contributed by atoms with E-state index in [-0.39, 0.29) is 12.1 Å². The van der Waals surface area contributed by atoms with Crippen molar-refractivity contribution in [2.75, 3.05) is 0 Å². The molecule has 0 unspecified atom stereocenters. The molecule has 3 nitrogen and oxygen atoms in total. The molecule has 0 heterocycles. The van der Waals surface area contributed by atoms with Gasteiger partial charge in [-0.2, -0.15) is 5.26 Å². The molecule has 3 rings (SSSR count). The highest BCUT2D eigenvalue weighted by atomic mass is 16.5. The Morgan fingerprint density at radius 1 is 1.08 bits per heavy atom. The van der Waals surface area contributed by atoms with E-state index in [1.165, 1.54) is 51.4 Å². The van der Waals surface area contributed by atoms with Crippen LogP contribution in [0.25, 0.3) is 0 Å². The molecule has 0 radical (unpaired) electrons. The van der Waals surface area contributed by atoms with Crippen LogP contribution in [0.1, 0.15) is 87.1 Å². The second-order valence-corrected chi connectivity index (χ2v) is 8.22. The van der Waals surface area contributed by atoms with E-state index in [1.807, 2.05) is 0 Å². The molecule has 2 aliphatic rings. The molecular formula is C23H31NO2. The SMILES string of the molecule is CCCCC[C@H]1CC[C@@H]2C[C@H](OC(=O)c3ccc(C#N)cc3)CC[C@@H]2C1. The quantitative estimate of drug-likeness (QED) is 0.474. The van der Waals surface area contributed by atoms with Crippen molar-refractivity contribution >= 4 is 5.97 Å². The Morgan fingerprint density at radius 3 is 2.54 bits per heavy atom. The standard InChI is InChI=1S/C23H31NO2/c1-2-3-4-5-17-6-11-21-15-22(13-12-20(21)14-17)26-23(25)19-9-7-18(16-24)8-10-19/h7-10,17,20-22H,2-6,11-15H2,1H3/t17-,20+,21+,22+/m0/s1. The number of fused-ring (bicyclic) bond motifs is 1. The molecule has 2 aliphatic carbocycles. The van der Waals surface area contributed by atoms with Crippen molar-refractivity contribution in [3.8, 4) is 6.07 Å². The van der Waals surface area contributed by atoms with Gasteiger partial charge < -0.3 is 4.74 Å². The number of rotatable bonds is 6. The number of nitriles is 1. The molecule has 140 valence electrons. The van der Waals surface area contributed by atoms with Crippen molar-refractivity contribution < 1.29 is 9.53 Å². The van der Waals surface area contributed by atoms with Crippen LogP contribution in [0.5, 0.6) is 0 Å². The van der Waals surface area contributed by atoms with Crippen LogP contribution in [0.2, 0.25) is 0 Å². The molecule has 1 aromatic rings. The minimum absolute atomic E-state index is 0.0658. The van der Waals surface area contributed by atoms with E-state index in [9.17, 15) is 4.79 Å². The molecule has 2 fully saturated rings. The molecule has 0 amide bonds. The summed E-state index contributed by atoms with van der Waals surface area (Å²) in [5, 5.41) is 8.85. The van der Waals surface area contributed by atoms with Crippen molar-refractivity contribution in [1.29, 1.82) is 5.26 Å². The molecule has 1 aromatic carbocycles. The van der Waals surface area contributed by atoms with Gasteiger partial charge in [0.05, 0.1) is 17.2 Å². The first-order valence-corrected chi connectivity index (χ1v) is 10.4. The number of carbonyl (C=O) groups is 1. The van der Waals surface area contributed by atoms with Gasteiger partial charge >= 0.3 is 5.97 Å². The van der Waals surface area contributed by atoms with Gasteiger partial charge in [-0.1, -0.05) is 39.0 Å². The number of carbonyl (C=O) groups excluding carboxylic acids is 1. The lowest BCUT2D eigenvalue weighted by Crippen LogP contribution is -2.35. The first kappa shape index (κ1) is 19.0. The van der Waals surface area contributed by atoms with E-state index in [0.717, 1.165) is 30.6 Å². The second-order valence-electron chi connectivity index (χ2n) is 8.22. The molecule has 26 heavy (non-hydrogen) atoms. The minimum atomic E-state index is -0.244. The summed E-state index contributed by atoms with van der Waals surface area (Å²) in [6.07, 6.45) is 12.9. The molecule has 0 aliphatic heterocycles. The Balaban J connectivity index is 1.47. The predicted molar refractivity (Wildman–Crippen MR) is 103 cm³/mol. The van der Waals surface area contributed by atoms with E-state index in [1.54, 1.807) is 24.3 Å². The Labute approximate surface area is 157 Å². The highest BCUT2D eigenvalue weighted by Gasteiger charge is 2.36. The summed E-state index contributed by atoms with van der Waals surface area (Å²) in [4.78, 5) is 12.4. The van der Waals surface area contributed by atoms with E-state index >= 15 is 0 Å². The summed E-state index contributed by atoms with van der Waals surface area (Å²) in [6, 6.07) is 8.80. The van der Waals surface area contributed by atoms with Crippen molar-refractivity contribution in [3.05, 3.63) is 35.4 Å². The number of unbranched alkanes of at least 4 members (excludes halogenated alkanes) is 2. The molecule has 3 heteroatoms. The van der Waals surface area contributed by atoms with E-state index in [2.05, 4.69) is 13.0 Å². The van der Waals surface area contributed by atoms with Crippen molar-refractivity contribution in [2.45, 2.75) is 77.2 Å². The summed E-state index contributed by atoms with van der Waals surface area (Å²) in [5.74, 6) is 2.27. The summed E-state index contributed by atoms with van der Waals surface area (Å²) < 4.78 is 5.78. The highest BCUT2D eigenvalue weighted by molar-refractivity contribution is 5.89. The number of esters is 1. The van der Waals surface area contributed by atoms with Gasteiger partial charge in [0.15, 0.2) is 0 Å². The molecule has 0 aromatic heterocycles. The molecule has 0 bridgehead atoms. The maximum absolute atomic E-state index is 12.4. The average Bonchev–Trinajstić information content (AvgIpc) is 2.68. The van der Waals surface area contributed by atoms with Crippen LogP contribution in [0.4, 0.5) is 0 Å². The van der Waals surface area contributed by atoms with E-state index in [4.69, 9.17) is 10.00 Å². The second kappa shape index (κ2) is 9.21. The Hall–Kier alpha value is -1.82. The maximum atomic E-state index is 12.4. The fraction of sp³-hybridized carbons (Fsp3) is 0.652. The van der Waals surface area contributed by atoms with Gasteiger partial charge in [0.25, 0.3) is 0 Å². The van der Waals surface area contributed by atoms with Crippen molar-refractivity contribution in [2.24, 2.45) is 17.8 Å². The number of benzene rings is 1. The number of nitrogens with zero attached hydrogens (tertiary/aromatic N) is 1. The Bertz CT molecular complexity index is 631. The van der Waals surface area contributed by atoms with Gasteiger partial charge in [0, 0.05) is 0 Å². The van der Waals surface area contributed by atoms with Crippen LogP contribution in [-0.2, 0) is 4.74 Å². The van der Waals surface area contributed by atoms with Crippen LogP contribution in [-0.4, -0.2) is 12.1 Å². The lowest BCUT2D eigenvalue weighted by Gasteiger charge is -2.42. The van der Waals surface area contributed by atoms with Crippen LogP contribution >= 0.6 is 0 Å². The van der Waals surface area contributed by atoms with Crippen LogP contribution in [0.15, 0.2) is 24.3 Å². The summed E-state index contributed by atoms with van der Waals surface area (Å²) >= 11 is 0. The fourth-order valence-electron chi connectivity index (χ4n) is 4.90. The van der Waals surface area contributed by atoms with Crippen LogP contribution in [0, 0.1) is 29.1 Å². The minimum Gasteiger partial charge on any atom is -0.459 e. The fourth-order valence-corrected chi connectivity index (χ4v) is 4.90. The topological polar surface area (TPSA) is 50.1 Å². The third-order valence-electron chi connectivity index (χ3n) is 6.41. The van der Waals surface area contributed by atoms with Crippen molar-refractivity contribution in [3.63, 3.8) is 0 Å². The number of hydrogen-bond acceptors (Lipinski definition) is 3. The molecule has 2 saturated carbocycles. The van der Waals surface area contributed by atoms with Gasteiger partial charge in [-0.25, -0.2) is 4.79 Å². The van der Waals surface area contributed by atoms with Gasteiger partial charge in [-0.05, 0) is 74.1 Å². The Kier molecular flexibility index (Phi) is 6.72. The smallest absolute Gasteiger partial charge is 0.338 e. The molecule has 4 atom stereocenters. The predicted octanol–water partition coefficient (Wildman–Crippen LogP) is 5.88. The van der Waals surface area contributed by atoms with Crippen LogP contribution in [0.3, 0.4) is 0 Å². The third kappa shape index (κ3) is 4.87. The lowest BCUT2D eigenvalue weighted by atomic mass is 9.66. The van der Waals surface area contributed by atoms with E-state index < -0.39 is 0 Å². The normalized spacial score (nSPS) is 28.0. The monoisotopic (exact) mass is 353 g/mol. The molecule has 0 saturated heterocycles. The summed E-state index contributed by atoms with van der Waals surface area (Å²) in [5.41, 5.74) is 1.11. The third-order valence-corrected chi connectivity index (χ3v) is 6.41. The number of hydrogen-bond donors (Lipinski definition) is 0. The molecule has 0 N–H and O–H groups in total. The zero-order chi connectivity index (χ0) is 18.4. The average molecular weight is 354 g/mol. The van der Waals surface area contributed by atoms with Gasteiger partial charge in [0.2, 0.25) is 0 Å². The highest BCUT2D eigenvalue weighted by Crippen LogP contribution is 2.44. The van der Waals surface area contributed by atoms with Crippen LogP contribution < -0.4 is 0 Å². The first-order chi connectivity index (χ1) is 12.7. The lowest BCUT2D eigenvalue weighted by molar-refractivity contribution is -0.00628. The van der Waals surface area contributed by atoms with Gasteiger partial charge in [0.1, 0.15) is 6.10 Å². The van der Waals surface area contributed by atoms with Gasteiger partial charge in [-0.3, -0.25) is 0 Å². The zero-order valence-electron chi connectivity index (χ0n) is 16.0. The molecule has 0 spiro atoms. The van der Waals surface area contributed by atoms with Gasteiger partial charge in [-0.15, -0.1) is 0 Å². The largest absolute Gasteiger partial charge is 0.459 e. The van der Waals surface area contributed by atoms with Crippen molar-refractivity contribution in [1.82, 2.24) is 0 Å². The number of ether oxygens (including phenoxy) is 1.